The summed E-state index contributed by atoms with van der Waals surface area (Å²) in [4.78, 5) is 37.1. The van der Waals surface area contributed by atoms with E-state index in [0.29, 0.717) is 16.8 Å². The Hall–Kier alpha value is -3.39. The predicted octanol–water partition coefficient (Wildman–Crippen LogP) is 3.10. The fourth-order valence-electron chi connectivity index (χ4n) is 3.34. The molecule has 3 N–H and O–H groups in total. The number of rotatable bonds is 5. The predicted molar refractivity (Wildman–Crippen MR) is 110 cm³/mol. The first-order valence-corrected chi connectivity index (χ1v) is 9.47. The fraction of sp³-hybridized carbons (Fsp3) is 0.318. The molecule has 0 spiro atoms. The van der Waals surface area contributed by atoms with Crippen LogP contribution in [-0.2, 0) is 16.1 Å². The standard InChI is InChI=1S/C22H24N2O6/c1-22(2,3)30-21(29)23-14-9-7-13(8-10-14)15-5-4-6-16-17(15)11-24(19(16)26)18(12-25)20(27)28/h4-10,18,25H,11-12H2,1-3H3,(H,23,29)(H,27,28)/t18-/m1/s1. The quantitative estimate of drug-likeness (QED) is 0.695. The van der Waals surface area contributed by atoms with Crippen LogP contribution in [0.15, 0.2) is 42.5 Å². The third-order valence-electron chi connectivity index (χ3n) is 4.67. The molecule has 1 aliphatic rings. The number of hydrogen-bond donors (Lipinski definition) is 3. The number of carbonyl (C=O) groups excluding carboxylic acids is 2. The molecule has 0 unspecified atom stereocenters. The minimum absolute atomic E-state index is 0.0970. The molecule has 30 heavy (non-hydrogen) atoms. The highest BCUT2D eigenvalue weighted by Crippen LogP contribution is 2.34. The molecule has 2 aromatic carbocycles. The smallest absolute Gasteiger partial charge is 0.412 e. The maximum atomic E-state index is 12.7. The average molecular weight is 412 g/mol. The Labute approximate surface area is 174 Å². The van der Waals surface area contributed by atoms with E-state index in [1.54, 1.807) is 57.2 Å². The van der Waals surface area contributed by atoms with Crippen LogP contribution in [0.2, 0.25) is 0 Å². The zero-order valence-corrected chi connectivity index (χ0v) is 17.0. The van der Waals surface area contributed by atoms with E-state index >= 15 is 0 Å². The minimum Gasteiger partial charge on any atom is -0.480 e. The van der Waals surface area contributed by atoms with Gasteiger partial charge in [-0.05, 0) is 55.7 Å². The highest BCUT2D eigenvalue weighted by molar-refractivity contribution is 6.02. The Morgan fingerprint density at radius 3 is 2.33 bits per heavy atom. The number of carboxylic acids is 1. The number of amides is 2. The number of carboxylic acid groups (broad SMARTS) is 1. The van der Waals surface area contributed by atoms with Crippen LogP contribution in [-0.4, -0.2) is 51.3 Å². The monoisotopic (exact) mass is 412 g/mol. The normalized spacial score (nSPS) is 14.3. The number of anilines is 1. The largest absolute Gasteiger partial charge is 0.480 e. The first-order chi connectivity index (χ1) is 14.1. The minimum atomic E-state index is -1.29. The number of nitrogens with one attached hydrogen (secondary N) is 1. The molecule has 3 rings (SSSR count). The molecule has 1 heterocycles. The molecule has 2 amide bonds. The topological polar surface area (TPSA) is 116 Å². The molecule has 158 valence electrons. The molecule has 0 fully saturated rings. The van der Waals surface area contributed by atoms with Crippen molar-refractivity contribution in [2.45, 2.75) is 39.0 Å². The van der Waals surface area contributed by atoms with Gasteiger partial charge in [-0.3, -0.25) is 10.1 Å². The summed E-state index contributed by atoms with van der Waals surface area (Å²) in [7, 11) is 0. The molecule has 8 heteroatoms. The average Bonchev–Trinajstić information content (AvgIpc) is 2.98. The van der Waals surface area contributed by atoms with Gasteiger partial charge < -0.3 is 19.8 Å². The fourth-order valence-corrected chi connectivity index (χ4v) is 3.34. The third-order valence-corrected chi connectivity index (χ3v) is 4.67. The Kier molecular flexibility index (Phi) is 5.80. The second-order valence-corrected chi connectivity index (χ2v) is 8.01. The van der Waals surface area contributed by atoms with E-state index < -0.39 is 36.2 Å². The SMILES string of the molecule is CC(C)(C)OC(=O)Nc1ccc(-c2cccc3c2CN([C@H](CO)C(=O)O)C3=O)cc1. The summed E-state index contributed by atoms with van der Waals surface area (Å²) in [5.41, 5.74) is 2.68. The summed E-state index contributed by atoms with van der Waals surface area (Å²) >= 11 is 0. The van der Waals surface area contributed by atoms with Gasteiger partial charge in [0.05, 0.1) is 6.61 Å². The van der Waals surface area contributed by atoms with Crippen molar-refractivity contribution in [2.24, 2.45) is 0 Å². The van der Waals surface area contributed by atoms with Crippen molar-refractivity contribution in [3.63, 3.8) is 0 Å². The van der Waals surface area contributed by atoms with Gasteiger partial charge in [0.2, 0.25) is 0 Å². The molecule has 2 aromatic rings. The van der Waals surface area contributed by atoms with Crippen LogP contribution in [0, 0.1) is 0 Å². The lowest BCUT2D eigenvalue weighted by Crippen LogP contribution is -2.43. The number of benzene rings is 2. The Balaban J connectivity index is 1.84. The molecule has 8 nitrogen and oxygen atoms in total. The van der Waals surface area contributed by atoms with Gasteiger partial charge in [-0.15, -0.1) is 0 Å². The van der Waals surface area contributed by atoms with E-state index in [1.807, 2.05) is 6.07 Å². The molecule has 0 aromatic heterocycles. The van der Waals surface area contributed by atoms with Crippen molar-refractivity contribution >= 4 is 23.7 Å². The lowest BCUT2D eigenvalue weighted by molar-refractivity contribution is -0.143. The van der Waals surface area contributed by atoms with Crippen molar-refractivity contribution in [2.75, 3.05) is 11.9 Å². The number of aliphatic hydroxyl groups is 1. The Morgan fingerprint density at radius 2 is 1.77 bits per heavy atom. The summed E-state index contributed by atoms with van der Waals surface area (Å²) in [5.74, 6) is -1.67. The number of nitrogens with zero attached hydrogens (tertiary/aromatic N) is 1. The highest BCUT2D eigenvalue weighted by Gasteiger charge is 2.37. The molecular weight excluding hydrogens is 388 g/mol. The third kappa shape index (κ3) is 4.44. The molecule has 0 saturated carbocycles. The lowest BCUT2D eigenvalue weighted by Gasteiger charge is -2.22. The molecule has 1 aliphatic heterocycles. The van der Waals surface area contributed by atoms with Gasteiger partial charge in [-0.2, -0.15) is 0 Å². The van der Waals surface area contributed by atoms with E-state index in [1.165, 1.54) is 0 Å². The molecule has 0 radical (unpaired) electrons. The lowest BCUT2D eigenvalue weighted by atomic mass is 9.97. The van der Waals surface area contributed by atoms with Gasteiger partial charge >= 0.3 is 12.1 Å². The van der Waals surface area contributed by atoms with Gasteiger partial charge in [-0.1, -0.05) is 24.3 Å². The maximum Gasteiger partial charge on any atom is 0.412 e. The van der Waals surface area contributed by atoms with Gasteiger partial charge in [0.1, 0.15) is 5.60 Å². The first-order valence-electron chi connectivity index (χ1n) is 9.47. The number of ether oxygens (including phenoxy) is 1. The summed E-state index contributed by atoms with van der Waals surface area (Å²) in [6.07, 6.45) is -0.555. The van der Waals surface area contributed by atoms with Gasteiger partial charge in [0.25, 0.3) is 5.91 Å². The zero-order chi connectivity index (χ0) is 22.1. The molecular formula is C22H24N2O6. The van der Waals surface area contributed by atoms with Gasteiger partial charge in [0, 0.05) is 17.8 Å². The van der Waals surface area contributed by atoms with Gasteiger partial charge in [0.15, 0.2) is 6.04 Å². The Bertz CT molecular complexity index is 978. The molecule has 0 aliphatic carbocycles. The number of aliphatic carboxylic acids is 1. The summed E-state index contributed by atoms with van der Waals surface area (Å²) in [5, 5.41) is 21.3. The first kappa shape index (κ1) is 21.3. The van der Waals surface area contributed by atoms with Crippen LogP contribution >= 0.6 is 0 Å². The van der Waals surface area contributed by atoms with Crippen LogP contribution in [0.1, 0.15) is 36.7 Å². The van der Waals surface area contributed by atoms with Crippen LogP contribution in [0.4, 0.5) is 10.5 Å². The number of hydrogen-bond acceptors (Lipinski definition) is 5. The van der Waals surface area contributed by atoms with E-state index in [-0.39, 0.29) is 6.54 Å². The molecule has 0 saturated heterocycles. The van der Waals surface area contributed by atoms with Gasteiger partial charge in [-0.25, -0.2) is 9.59 Å². The zero-order valence-electron chi connectivity index (χ0n) is 17.0. The van der Waals surface area contributed by atoms with Crippen molar-refractivity contribution in [1.82, 2.24) is 4.90 Å². The van der Waals surface area contributed by atoms with E-state index in [2.05, 4.69) is 5.32 Å². The second kappa shape index (κ2) is 8.16. The summed E-state index contributed by atoms with van der Waals surface area (Å²) in [6, 6.07) is 11.0. The van der Waals surface area contributed by atoms with E-state index in [4.69, 9.17) is 4.74 Å². The van der Waals surface area contributed by atoms with Crippen LogP contribution in [0.3, 0.4) is 0 Å². The van der Waals surface area contributed by atoms with Crippen LogP contribution in [0.25, 0.3) is 11.1 Å². The number of fused-ring (bicyclic) bond motifs is 1. The van der Waals surface area contributed by atoms with E-state index in [9.17, 15) is 24.6 Å². The number of aliphatic hydroxyl groups excluding tert-OH is 1. The second-order valence-electron chi connectivity index (χ2n) is 8.01. The summed E-state index contributed by atoms with van der Waals surface area (Å²) < 4.78 is 5.23. The molecule has 1 atom stereocenters. The highest BCUT2D eigenvalue weighted by atomic mass is 16.6. The summed E-state index contributed by atoms with van der Waals surface area (Å²) in [6.45, 7) is 4.78. The van der Waals surface area contributed by atoms with Crippen molar-refractivity contribution in [3.8, 4) is 11.1 Å². The maximum absolute atomic E-state index is 12.7. The van der Waals surface area contributed by atoms with E-state index in [0.717, 1.165) is 16.0 Å². The molecule has 0 bridgehead atoms. The van der Waals surface area contributed by atoms with Crippen LogP contribution in [0.5, 0.6) is 0 Å². The van der Waals surface area contributed by atoms with Crippen molar-refractivity contribution in [1.29, 1.82) is 0 Å². The van der Waals surface area contributed by atoms with Crippen molar-refractivity contribution in [3.05, 3.63) is 53.6 Å². The Morgan fingerprint density at radius 1 is 1.13 bits per heavy atom. The van der Waals surface area contributed by atoms with Crippen LogP contribution < -0.4 is 5.32 Å². The number of carbonyl (C=O) groups is 3. The van der Waals surface area contributed by atoms with Crippen molar-refractivity contribution < 1.29 is 29.3 Å².